The smallest absolute Gasteiger partial charge is 0.187 e. The van der Waals surface area contributed by atoms with E-state index in [1.165, 1.54) is 18.2 Å². The van der Waals surface area contributed by atoms with E-state index in [-0.39, 0.29) is 23.8 Å². The molecule has 0 saturated carbocycles. The van der Waals surface area contributed by atoms with E-state index in [1.54, 1.807) is 37.3 Å². The molecule has 0 spiro atoms. The van der Waals surface area contributed by atoms with Crippen LogP contribution < -0.4 is 0 Å². The maximum Gasteiger partial charge on any atom is 0.187 e. The standard InChI is InChI=1S/C19H16FNO2/c1-13(19(23)15-4-3-5-17(12-15)21-2)18(22)11-8-14-6-9-16(20)10-7-14/h3-7,9-10,12-13H,8,11H2,1H3. The number of rotatable bonds is 6. The molecular formula is C19H16FNO2. The van der Waals surface area contributed by atoms with Crippen LogP contribution in [0.4, 0.5) is 10.1 Å². The maximum atomic E-state index is 12.8. The van der Waals surface area contributed by atoms with Crippen LogP contribution in [0, 0.1) is 18.3 Å². The highest BCUT2D eigenvalue weighted by atomic mass is 19.1. The van der Waals surface area contributed by atoms with Crippen LogP contribution >= 0.6 is 0 Å². The number of carbonyl (C=O) groups excluding carboxylic acids is 2. The molecule has 23 heavy (non-hydrogen) atoms. The lowest BCUT2D eigenvalue weighted by Gasteiger charge is -2.10. The van der Waals surface area contributed by atoms with Gasteiger partial charge < -0.3 is 0 Å². The fourth-order valence-corrected chi connectivity index (χ4v) is 2.26. The second-order valence-electron chi connectivity index (χ2n) is 5.34. The summed E-state index contributed by atoms with van der Waals surface area (Å²) in [5.74, 6) is -1.51. The molecule has 3 nitrogen and oxygen atoms in total. The average Bonchev–Trinajstić information content (AvgIpc) is 2.59. The third-order valence-corrected chi connectivity index (χ3v) is 3.71. The zero-order valence-electron chi connectivity index (χ0n) is 12.8. The van der Waals surface area contributed by atoms with Crippen LogP contribution in [-0.2, 0) is 11.2 Å². The van der Waals surface area contributed by atoms with Gasteiger partial charge in [-0.05, 0) is 37.1 Å². The number of aryl methyl sites for hydroxylation is 1. The first-order valence-corrected chi connectivity index (χ1v) is 7.30. The predicted octanol–water partition coefficient (Wildman–Crippen LogP) is 4.40. The maximum absolute atomic E-state index is 12.8. The average molecular weight is 309 g/mol. The molecule has 0 fully saturated rings. The molecule has 0 saturated heterocycles. The first-order valence-electron chi connectivity index (χ1n) is 7.30. The summed E-state index contributed by atoms with van der Waals surface area (Å²) in [6.07, 6.45) is 0.694. The number of hydrogen-bond donors (Lipinski definition) is 0. The number of Topliss-reactive ketones (excluding diaryl/α,β-unsaturated/α-hetero) is 2. The first-order chi connectivity index (χ1) is 11.0. The number of ketones is 2. The summed E-state index contributed by atoms with van der Waals surface area (Å²) in [4.78, 5) is 27.8. The van der Waals surface area contributed by atoms with E-state index >= 15 is 0 Å². The molecule has 2 rings (SSSR count). The third-order valence-electron chi connectivity index (χ3n) is 3.71. The molecule has 116 valence electrons. The van der Waals surface area contributed by atoms with Crippen LogP contribution in [0.2, 0.25) is 0 Å². The lowest BCUT2D eigenvalue weighted by atomic mass is 9.92. The molecule has 0 radical (unpaired) electrons. The van der Waals surface area contributed by atoms with Crippen molar-refractivity contribution in [2.75, 3.05) is 0 Å². The van der Waals surface area contributed by atoms with Crippen molar-refractivity contribution < 1.29 is 14.0 Å². The Morgan fingerprint density at radius 1 is 1.17 bits per heavy atom. The summed E-state index contributed by atoms with van der Waals surface area (Å²) in [6, 6.07) is 12.3. The van der Waals surface area contributed by atoms with Crippen molar-refractivity contribution in [3.05, 3.63) is 76.9 Å². The lowest BCUT2D eigenvalue weighted by Crippen LogP contribution is -2.21. The quantitative estimate of drug-likeness (QED) is 0.451. The number of hydrogen-bond acceptors (Lipinski definition) is 2. The summed E-state index contributed by atoms with van der Waals surface area (Å²) in [5.41, 5.74) is 1.61. The lowest BCUT2D eigenvalue weighted by molar-refractivity contribution is -0.121. The van der Waals surface area contributed by atoms with E-state index in [1.807, 2.05) is 0 Å². The Balaban J connectivity index is 1.99. The molecule has 1 atom stereocenters. The third kappa shape index (κ3) is 4.33. The van der Waals surface area contributed by atoms with Gasteiger partial charge in [-0.25, -0.2) is 9.24 Å². The van der Waals surface area contributed by atoms with Crippen LogP contribution in [0.5, 0.6) is 0 Å². The molecule has 1 unspecified atom stereocenters. The molecule has 0 aliphatic rings. The summed E-state index contributed by atoms with van der Waals surface area (Å²) >= 11 is 0. The van der Waals surface area contributed by atoms with Crippen molar-refractivity contribution in [2.45, 2.75) is 19.8 Å². The number of nitrogens with zero attached hydrogens (tertiary/aromatic N) is 1. The summed E-state index contributed by atoms with van der Waals surface area (Å²) in [5, 5.41) is 0. The second-order valence-corrected chi connectivity index (χ2v) is 5.34. The van der Waals surface area contributed by atoms with Crippen molar-refractivity contribution in [2.24, 2.45) is 5.92 Å². The van der Waals surface area contributed by atoms with E-state index in [4.69, 9.17) is 6.57 Å². The summed E-state index contributed by atoms with van der Waals surface area (Å²) < 4.78 is 12.8. The zero-order valence-corrected chi connectivity index (χ0v) is 12.8. The minimum absolute atomic E-state index is 0.160. The van der Waals surface area contributed by atoms with Crippen molar-refractivity contribution in [1.82, 2.24) is 0 Å². The molecule has 2 aromatic rings. The summed E-state index contributed by atoms with van der Waals surface area (Å²) in [7, 11) is 0. The highest BCUT2D eigenvalue weighted by molar-refractivity contribution is 6.10. The van der Waals surface area contributed by atoms with Crippen LogP contribution in [0.15, 0.2) is 48.5 Å². The SMILES string of the molecule is [C-]#[N+]c1cccc(C(=O)C(C)C(=O)CCc2ccc(F)cc2)c1. The monoisotopic (exact) mass is 309 g/mol. The number of halogens is 1. The topological polar surface area (TPSA) is 38.5 Å². The minimum atomic E-state index is -0.753. The minimum Gasteiger partial charge on any atom is -0.299 e. The highest BCUT2D eigenvalue weighted by Gasteiger charge is 2.22. The van der Waals surface area contributed by atoms with E-state index in [2.05, 4.69) is 4.85 Å². The van der Waals surface area contributed by atoms with Gasteiger partial charge in [-0.1, -0.05) is 30.3 Å². The molecule has 2 aromatic carbocycles. The van der Waals surface area contributed by atoms with Crippen molar-refractivity contribution in [1.29, 1.82) is 0 Å². The molecule has 0 aromatic heterocycles. The van der Waals surface area contributed by atoms with Crippen LogP contribution in [0.25, 0.3) is 4.85 Å². The van der Waals surface area contributed by atoms with Crippen molar-refractivity contribution >= 4 is 17.3 Å². The molecular weight excluding hydrogens is 293 g/mol. The Kier molecular flexibility index (Phi) is 5.37. The Labute approximate surface area is 134 Å². The van der Waals surface area contributed by atoms with Crippen LogP contribution in [0.3, 0.4) is 0 Å². The Morgan fingerprint density at radius 3 is 2.52 bits per heavy atom. The normalized spacial score (nSPS) is 11.5. The van der Waals surface area contributed by atoms with Gasteiger partial charge in [0.2, 0.25) is 0 Å². The zero-order chi connectivity index (χ0) is 16.8. The van der Waals surface area contributed by atoms with Gasteiger partial charge in [-0.3, -0.25) is 9.59 Å². The van der Waals surface area contributed by atoms with Gasteiger partial charge in [0.25, 0.3) is 0 Å². The molecule has 0 aliphatic carbocycles. The number of carbonyl (C=O) groups is 2. The fourth-order valence-electron chi connectivity index (χ4n) is 2.26. The van der Waals surface area contributed by atoms with Gasteiger partial charge in [0.1, 0.15) is 11.6 Å². The van der Waals surface area contributed by atoms with Gasteiger partial charge >= 0.3 is 0 Å². The van der Waals surface area contributed by atoms with Gasteiger partial charge in [0, 0.05) is 12.0 Å². The predicted molar refractivity (Wildman–Crippen MR) is 85.9 cm³/mol. The van der Waals surface area contributed by atoms with E-state index in [0.717, 1.165) is 5.56 Å². The Morgan fingerprint density at radius 2 is 1.87 bits per heavy atom. The van der Waals surface area contributed by atoms with E-state index in [0.29, 0.717) is 17.7 Å². The van der Waals surface area contributed by atoms with Crippen LogP contribution in [0.1, 0.15) is 29.3 Å². The van der Waals surface area contributed by atoms with Crippen molar-refractivity contribution in [3.63, 3.8) is 0 Å². The largest absolute Gasteiger partial charge is 0.299 e. The summed E-state index contributed by atoms with van der Waals surface area (Å²) in [6.45, 7) is 8.55. The number of benzene rings is 2. The molecule has 0 heterocycles. The fraction of sp³-hybridized carbons (Fsp3) is 0.211. The van der Waals surface area contributed by atoms with Crippen LogP contribution in [-0.4, -0.2) is 11.6 Å². The molecule has 0 bridgehead atoms. The van der Waals surface area contributed by atoms with Gasteiger partial charge in [-0.15, -0.1) is 0 Å². The second kappa shape index (κ2) is 7.46. The Bertz CT molecular complexity index is 760. The van der Waals surface area contributed by atoms with Gasteiger partial charge in [-0.2, -0.15) is 0 Å². The molecule has 4 heteroatoms. The first kappa shape index (κ1) is 16.6. The van der Waals surface area contributed by atoms with Crippen molar-refractivity contribution in [3.8, 4) is 0 Å². The molecule has 0 amide bonds. The van der Waals surface area contributed by atoms with E-state index in [9.17, 15) is 14.0 Å². The van der Waals surface area contributed by atoms with Gasteiger partial charge in [0.05, 0.1) is 12.5 Å². The molecule has 0 N–H and O–H groups in total. The molecule has 0 aliphatic heterocycles. The van der Waals surface area contributed by atoms with E-state index < -0.39 is 5.92 Å². The highest BCUT2D eigenvalue weighted by Crippen LogP contribution is 2.18. The van der Waals surface area contributed by atoms with Gasteiger partial charge in [0.15, 0.2) is 11.5 Å². The Hall–Kier alpha value is -2.80.